The highest BCUT2D eigenvalue weighted by Gasteiger charge is 2.36. The van der Waals surface area contributed by atoms with Gasteiger partial charge >= 0.3 is 0 Å². The summed E-state index contributed by atoms with van der Waals surface area (Å²) in [6.07, 6.45) is 0. The maximum Gasteiger partial charge on any atom is 0.0546 e. The predicted octanol–water partition coefficient (Wildman–Crippen LogP) is 14.1. The molecular formula is C51H39N. The van der Waals surface area contributed by atoms with Crippen LogP contribution in [0.15, 0.2) is 200 Å². The summed E-state index contributed by atoms with van der Waals surface area (Å²) in [6, 6.07) is 72.8. The maximum atomic E-state index is 2.45. The van der Waals surface area contributed by atoms with Crippen LogP contribution >= 0.6 is 0 Å². The topological polar surface area (TPSA) is 3.24 Å². The molecule has 1 heteroatoms. The van der Waals surface area contributed by atoms with Crippen LogP contribution < -0.4 is 4.90 Å². The van der Waals surface area contributed by atoms with E-state index in [4.69, 9.17) is 0 Å². The molecule has 0 aromatic heterocycles. The van der Waals surface area contributed by atoms with Gasteiger partial charge in [0.25, 0.3) is 0 Å². The second-order valence-electron chi connectivity index (χ2n) is 14.2. The molecule has 0 saturated heterocycles. The monoisotopic (exact) mass is 665 g/mol. The fraction of sp³-hybridized carbons (Fsp3) is 0.0588. The van der Waals surface area contributed by atoms with Gasteiger partial charge in [-0.3, -0.25) is 0 Å². The third-order valence-corrected chi connectivity index (χ3v) is 10.7. The number of hydrogen-bond donors (Lipinski definition) is 0. The molecule has 0 radical (unpaired) electrons. The second kappa shape index (κ2) is 13.0. The predicted molar refractivity (Wildman–Crippen MR) is 220 cm³/mol. The number of rotatable bonds is 7. The summed E-state index contributed by atoms with van der Waals surface area (Å²) in [4.78, 5) is 2.45. The maximum absolute atomic E-state index is 2.45. The fourth-order valence-corrected chi connectivity index (χ4v) is 8.06. The molecular weight excluding hydrogens is 627 g/mol. The minimum atomic E-state index is -0.112. The lowest BCUT2D eigenvalue weighted by molar-refractivity contribution is 0.660. The summed E-state index contributed by atoms with van der Waals surface area (Å²) >= 11 is 0. The summed E-state index contributed by atoms with van der Waals surface area (Å²) in [6.45, 7) is 4.71. The minimum Gasteiger partial charge on any atom is -0.310 e. The van der Waals surface area contributed by atoms with Gasteiger partial charge in [0.15, 0.2) is 0 Å². The van der Waals surface area contributed by atoms with Crippen LogP contribution in [-0.2, 0) is 5.41 Å². The SMILES string of the molecule is CC1(C)c2ccccc2-c2ccc(N(c3ccccc3)c3cccc(-c4ccc(-c5ccccc5)cc4)c3-c3cccc(-c4ccccc4)c3)cc21. The van der Waals surface area contributed by atoms with Crippen molar-refractivity contribution in [1.82, 2.24) is 0 Å². The van der Waals surface area contributed by atoms with Gasteiger partial charge in [-0.2, -0.15) is 0 Å². The normalized spacial score (nSPS) is 12.6. The van der Waals surface area contributed by atoms with E-state index in [1.807, 2.05) is 0 Å². The molecule has 0 aliphatic heterocycles. The average molecular weight is 666 g/mol. The van der Waals surface area contributed by atoms with Crippen molar-refractivity contribution < 1.29 is 0 Å². The molecule has 1 nitrogen and oxygen atoms in total. The molecule has 0 heterocycles. The van der Waals surface area contributed by atoms with E-state index in [1.54, 1.807) is 0 Å². The van der Waals surface area contributed by atoms with Crippen LogP contribution in [0, 0.1) is 0 Å². The molecule has 0 unspecified atom stereocenters. The third-order valence-electron chi connectivity index (χ3n) is 10.7. The zero-order valence-electron chi connectivity index (χ0n) is 29.5. The van der Waals surface area contributed by atoms with Gasteiger partial charge < -0.3 is 4.90 Å². The van der Waals surface area contributed by atoms with Gasteiger partial charge in [0.05, 0.1) is 5.69 Å². The van der Waals surface area contributed by atoms with Gasteiger partial charge in [-0.25, -0.2) is 0 Å². The Labute approximate surface area is 307 Å². The first-order valence-electron chi connectivity index (χ1n) is 18.1. The first-order valence-corrected chi connectivity index (χ1v) is 18.1. The summed E-state index contributed by atoms with van der Waals surface area (Å²) < 4.78 is 0. The Hall–Kier alpha value is -6.44. The van der Waals surface area contributed by atoms with E-state index >= 15 is 0 Å². The highest BCUT2D eigenvalue weighted by Crippen LogP contribution is 2.52. The van der Waals surface area contributed by atoms with Crippen LogP contribution in [0.2, 0.25) is 0 Å². The van der Waals surface area contributed by atoms with Crippen LogP contribution in [0.3, 0.4) is 0 Å². The first-order chi connectivity index (χ1) is 25.6. The van der Waals surface area contributed by atoms with Gasteiger partial charge in [0, 0.05) is 22.4 Å². The van der Waals surface area contributed by atoms with Gasteiger partial charge in [0.2, 0.25) is 0 Å². The third kappa shape index (κ3) is 5.52. The van der Waals surface area contributed by atoms with E-state index < -0.39 is 0 Å². The number of nitrogens with zero attached hydrogens (tertiary/aromatic N) is 1. The molecule has 9 rings (SSSR count). The van der Waals surface area contributed by atoms with E-state index in [1.165, 1.54) is 66.8 Å². The Kier molecular flexibility index (Phi) is 7.90. The van der Waals surface area contributed by atoms with Crippen molar-refractivity contribution in [2.75, 3.05) is 4.90 Å². The first kappa shape index (κ1) is 31.5. The number of hydrogen-bond acceptors (Lipinski definition) is 1. The average Bonchev–Trinajstić information content (AvgIpc) is 3.44. The lowest BCUT2D eigenvalue weighted by Gasteiger charge is -2.31. The Morgan fingerprint density at radius 1 is 0.327 bits per heavy atom. The molecule has 0 atom stereocenters. The van der Waals surface area contributed by atoms with Gasteiger partial charge in [0.1, 0.15) is 0 Å². The zero-order valence-corrected chi connectivity index (χ0v) is 29.5. The summed E-state index contributed by atoms with van der Waals surface area (Å²) in [7, 11) is 0. The lowest BCUT2D eigenvalue weighted by atomic mass is 9.82. The van der Waals surface area contributed by atoms with Gasteiger partial charge in [-0.05, 0) is 97.6 Å². The smallest absolute Gasteiger partial charge is 0.0546 e. The van der Waals surface area contributed by atoms with Crippen molar-refractivity contribution in [3.63, 3.8) is 0 Å². The van der Waals surface area contributed by atoms with Crippen LogP contribution in [0.4, 0.5) is 17.1 Å². The molecule has 0 saturated carbocycles. The van der Waals surface area contributed by atoms with E-state index in [0.717, 1.165) is 17.1 Å². The minimum absolute atomic E-state index is 0.112. The fourth-order valence-electron chi connectivity index (χ4n) is 8.06. The molecule has 0 N–H and O–H groups in total. The molecule has 8 aromatic rings. The van der Waals surface area contributed by atoms with E-state index in [9.17, 15) is 0 Å². The molecule has 1 aliphatic carbocycles. The molecule has 1 aliphatic rings. The highest BCUT2D eigenvalue weighted by atomic mass is 15.1. The van der Waals surface area contributed by atoms with Crippen molar-refractivity contribution in [3.05, 3.63) is 211 Å². The Morgan fingerprint density at radius 2 is 0.846 bits per heavy atom. The Morgan fingerprint density at radius 3 is 1.58 bits per heavy atom. The molecule has 0 spiro atoms. The van der Waals surface area contributed by atoms with Crippen molar-refractivity contribution in [2.24, 2.45) is 0 Å². The van der Waals surface area contributed by atoms with Crippen molar-refractivity contribution in [1.29, 1.82) is 0 Å². The number of anilines is 3. The number of fused-ring (bicyclic) bond motifs is 3. The van der Waals surface area contributed by atoms with Crippen molar-refractivity contribution in [3.8, 4) is 55.6 Å². The largest absolute Gasteiger partial charge is 0.310 e. The van der Waals surface area contributed by atoms with Gasteiger partial charge in [-0.1, -0.05) is 178 Å². The Bertz CT molecular complexity index is 2510. The quantitative estimate of drug-likeness (QED) is 0.164. The lowest BCUT2D eigenvalue weighted by Crippen LogP contribution is -2.17. The standard InChI is InChI=1S/C51H39N/c1-51(2)47-26-13-12-24-45(47)46-33-32-43(35-48(46)51)52(42-22-10-5-11-23-42)49-27-15-25-44(39-30-28-38(29-31-39)36-16-6-3-7-17-36)50(49)41-21-14-20-40(34-41)37-18-8-4-9-19-37/h3-35H,1-2H3. The summed E-state index contributed by atoms with van der Waals surface area (Å²) in [5, 5.41) is 0. The second-order valence-corrected chi connectivity index (χ2v) is 14.2. The van der Waals surface area contributed by atoms with Crippen LogP contribution in [-0.4, -0.2) is 0 Å². The van der Waals surface area contributed by atoms with Crippen molar-refractivity contribution >= 4 is 17.1 Å². The molecule has 0 amide bonds. The van der Waals surface area contributed by atoms with Crippen molar-refractivity contribution in [2.45, 2.75) is 19.3 Å². The summed E-state index contributed by atoms with van der Waals surface area (Å²) in [5.74, 6) is 0. The zero-order chi connectivity index (χ0) is 35.1. The highest BCUT2D eigenvalue weighted by molar-refractivity contribution is 5.98. The van der Waals surface area contributed by atoms with E-state index in [2.05, 4.69) is 219 Å². The molecule has 52 heavy (non-hydrogen) atoms. The number of benzene rings is 8. The molecule has 248 valence electrons. The van der Waals surface area contributed by atoms with Crippen LogP contribution in [0.25, 0.3) is 55.6 Å². The van der Waals surface area contributed by atoms with E-state index in [-0.39, 0.29) is 5.41 Å². The van der Waals surface area contributed by atoms with Crippen LogP contribution in [0.5, 0.6) is 0 Å². The van der Waals surface area contributed by atoms with Gasteiger partial charge in [-0.15, -0.1) is 0 Å². The van der Waals surface area contributed by atoms with Crippen LogP contribution in [0.1, 0.15) is 25.0 Å². The molecule has 8 aromatic carbocycles. The van der Waals surface area contributed by atoms with E-state index in [0.29, 0.717) is 0 Å². The Balaban J connectivity index is 1.27. The summed E-state index contributed by atoms with van der Waals surface area (Å²) in [5.41, 5.74) is 18.2. The molecule has 0 bridgehead atoms. The molecule has 0 fully saturated rings. The number of para-hydroxylation sites is 1.